The predicted octanol–water partition coefficient (Wildman–Crippen LogP) is 4.70. The van der Waals surface area contributed by atoms with Gasteiger partial charge in [0.05, 0.1) is 6.61 Å². The van der Waals surface area contributed by atoms with E-state index >= 15 is 0 Å². The molecule has 0 amide bonds. The number of benzene rings is 2. The topological polar surface area (TPSA) is 49.9 Å². The Labute approximate surface area is 179 Å². The fraction of sp³-hybridized carbons (Fsp3) is 0.333. The van der Waals surface area contributed by atoms with E-state index < -0.39 is 10.0 Å². The van der Waals surface area contributed by atoms with Crippen molar-refractivity contribution in [3.63, 3.8) is 0 Å². The van der Waals surface area contributed by atoms with E-state index in [1.54, 1.807) is 10.4 Å². The molecular formula is C21H21ClN2O3S2. The van der Waals surface area contributed by atoms with Crippen LogP contribution in [0, 0.1) is 0 Å². The summed E-state index contributed by atoms with van der Waals surface area (Å²) in [6.07, 6.45) is 1.53. The van der Waals surface area contributed by atoms with Gasteiger partial charge in [-0.3, -0.25) is 0 Å². The van der Waals surface area contributed by atoms with Crippen molar-refractivity contribution in [2.24, 2.45) is 0 Å². The van der Waals surface area contributed by atoms with E-state index in [9.17, 15) is 8.42 Å². The lowest BCUT2D eigenvalue weighted by Gasteiger charge is -2.41. The first-order valence-corrected chi connectivity index (χ1v) is 12.3. The van der Waals surface area contributed by atoms with Crippen LogP contribution in [0.4, 0.5) is 5.69 Å². The van der Waals surface area contributed by atoms with Crippen molar-refractivity contribution in [1.29, 1.82) is 0 Å². The number of hydrogen-bond donors (Lipinski definition) is 0. The van der Waals surface area contributed by atoms with Crippen molar-refractivity contribution < 1.29 is 13.2 Å². The Kier molecular flexibility index (Phi) is 5.04. The SMILES string of the molecule is O=S(=O)(c1cc2ccccc2s1)N1CCC(N2COCc3c(Cl)cccc32)CC1. The minimum absolute atomic E-state index is 0.237. The van der Waals surface area contributed by atoms with E-state index in [1.807, 2.05) is 36.4 Å². The Bertz CT molecular complexity index is 1120. The van der Waals surface area contributed by atoms with Gasteiger partial charge >= 0.3 is 0 Å². The van der Waals surface area contributed by atoms with Crippen molar-refractivity contribution in [3.05, 3.63) is 59.1 Å². The molecule has 0 atom stereocenters. The fourth-order valence-corrected chi connectivity index (χ4v) is 7.43. The van der Waals surface area contributed by atoms with Crippen molar-refractivity contribution in [2.45, 2.75) is 29.7 Å². The number of rotatable bonds is 3. The van der Waals surface area contributed by atoms with Gasteiger partial charge in [-0.05, 0) is 42.5 Å². The van der Waals surface area contributed by atoms with Crippen LogP contribution in [0.15, 0.2) is 52.7 Å². The van der Waals surface area contributed by atoms with Crippen LogP contribution in [0.5, 0.6) is 0 Å². The van der Waals surface area contributed by atoms with Crippen LogP contribution in [0.3, 0.4) is 0 Å². The minimum Gasteiger partial charge on any atom is -0.356 e. The van der Waals surface area contributed by atoms with Gasteiger partial charge in [-0.2, -0.15) is 4.31 Å². The van der Waals surface area contributed by atoms with Crippen molar-refractivity contribution in [2.75, 3.05) is 24.7 Å². The standard InChI is InChI=1S/C21H21ClN2O3S2/c22-18-5-3-6-19-17(18)13-27-14-24(19)16-8-10-23(11-9-16)29(25,26)21-12-15-4-1-2-7-20(15)28-21/h1-7,12,16H,8-11,13-14H2. The highest BCUT2D eigenvalue weighted by atomic mass is 35.5. The molecule has 0 radical (unpaired) electrons. The molecule has 0 spiro atoms. The summed E-state index contributed by atoms with van der Waals surface area (Å²) in [5.74, 6) is 0. The molecule has 2 aliphatic heterocycles. The molecule has 29 heavy (non-hydrogen) atoms. The third-order valence-electron chi connectivity index (χ3n) is 5.74. The van der Waals surface area contributed by atoms with E-state index in [0.29, 0.717) is 30.6 Å². The fourth-order valence-electron chi connectivity index (χ4n) is 4.18. The van der Waals surface area contributed by atoms with E-state index in [0.717, 1.165) is 39.2 Å². The molecule has 3 heterocycles. The van der Waals surface area contributed by atoms with Crippen LogP contribution in [0.2, 0.25) is 5.02 Å². The highest BCUT2D eigenvalue weighted by molar-refractivity contribution is 7.91. The second kappa shape index (κ2) is 7.56. The lowest BCUT2D eigenvalue weighted by molar-refractivity contribution is 0.0988. The monoisotopic (exact) mass is 448 g/mol. The van der Waals surface area contributed by atoms with E-state index in [-0.39, 0.29) is 6.04 Å². The van der Waals surface area contributed by atoms with Crippen LogP contribution in [0.1, 0.15) is 18.4 Å². The molecule has 1 aromatic heterocycles. The van der Waals surface area contributed by atoms with E-state index in [1.165, 1.54) is 11.3 Å². The Hall–Kier alpha value is -1.64. The van der Waals surface area contributed by atoms with Gasteiger partial charge in [0.25, 0.3) is 10.0 Å². The average molecular weight is 449 g/mol. The summed E-state index contributed by atoms with van der Waals surface area (Å²) in [5, 5.41) is 1.70. The molecule has 0 aliphatic carbocycles. The first-order chi connectivity index (χ1) is 14.0. The molecule has 0 saturated carbocycles. The zero-order valence-electron chi connectivity index (χ0n) is 15.8. The number of ether oxygens (including phenoxy) is 1. The normalized spacial score (nSPS) is 18.9. The maximum atomic E-state index is 13.2. The van der Waals surface area contributed by atoms with Crippen LogP contribution < -0.4 is 4.90 Å². The van der Waals surface area contributed by atoms with Crippen molar-refractivity contribution >= 4 is 48.7 Å². The van der Waals surface area contributed by atoms with Crippen molar-refractivity contribution in [3.8, 4) is 0 Å². The maximum Gasteiger partial charge on any atom is 0.252 e. The molecule has 1 saturated heterocycles. The van der Waals surface area contributed by atoms with Gasteiger partial charge in [0.2, 0.25) is 0 Å². The summed E-state index contributed by atoms with van der Waals surface area (Å²) in [6.45, 7) is 2.05. The van der Waals surface area contributed by atoms with Crippen molar-refractivity contribution in [1.82, 2.24) is 4.31 Å². The number of piperidine rings is 1. The number of thiophene rings is 1. The largest absolute Gasteiger partial charge is 0.356 e. The first kappa shape index (κ1) is 19.3. The predicted molar refractivity (Wildman–Crippen MR) is 117 cm³/mol. The van der Waals surface area contributed by atoms with Gasteiger partial charge in [0, 0.05) is 40.1 Å². The number of anilines is 1. The lowest BCUT2D eigenvalue weighted by Crippen LogP contribution is -2.48. The lowest BCUT2D eigenvalue weighted by atomic mass is 10.0. The third-order valence-corrected chi connectivity index (χ3v) is 9.56. The van der Waals surface area contributed by atoms with Crippen LogP contribution in [-0.4, -0.2) is 38.6 Å². The molecule has 1 fully saturated rings. The van der Waals surface area contributed by atoms with E-state index in [2.05, 4.69) is 11.0 Å². The van der Waals surface area contributed by atoms with Crippen LogP contribution in [-0.2, 0) is 21.4 Å². The molecule has 2 aliphatic rings. The van der Waals surface area contributed by atoms with Gasteiger partial charge in [0.15, 0.2) is 0 Å². The van der Waals surface area contributed by atoms with Gasteiger partial charge in [-0.15, -0.1) is 11.3 Å². The minimum atomic E-state index is -3.46. The van der Waals surface area contributed by atoms with Gasteiger partial charge in [-0.25, -0.2) is 8.42 Å². The highest BCUT2D eigenvalue weighted by Gasteiger charge is 2.34. The van der Waals surface area contributed by atoms with Crippen LogP contribution >= 0.6 is 22.9 Å². The molecule has 152 valence electrons. The smallest absolute Gasteiger partial charge is 0.252 e. The molecular weight excluding hydrogens is 428 g/mol. The molecule has 5 rings (SSSR count). The highest BCUT2D eigenvalue weighted by Crippen LogP contribution is 2.36. The summed E-state index contributed by atoms with van der Waals surface area (Å²) in [6, 6.07) is 15.7. The molecule has 5 nitrogen and oxygen atoms in total. The molecule has 0 bridgehead atoms. The Morgan fingerprint density at radius 2 is 1.86 bits per heavy atom. The summed E-state index contributed by atoms with van der Waals surface area (Å²) < 4.78 is 35.1. The number of sulfonamides is 1. The molecule has 2 aromatic carbocycles. The molecule has 3 aromatic rings. The van der Waals surface area contributed by atoms with Crippen LogP contribution in [0.25, 0.3) is 10.1 Å². The molecule has 0 unspecified atom stereocenters. The van der Waals surface area contributed by atoms with Gasteiger partial charge in [0.1, 0.15) is 10.9 Å². The summed E-state index contributed by atoms with van der Waals surface area (Å²) in [5.41, 5.74) is 2.12. The average Bonchev–Trinajstić information content (AvgIpc) is 3.19. The summed E-state index contributed by atoms with van der Waals surface area (Å²) >= 11 is 7.68. The number of hydrogen-bond acceptors (Lipinski definition) is 5. The number of nitrogens with zero attached hydrogens (tertiary/aromatic N) is 2. The van der Waals surface area contributed by atoms with Gasteiger partial charge < -0.3 is 9.64 Å². The Morgan fingerprint density at radius 3 is 2.66 bits per heavy atom. The Morgan fingerprint density at radius 1 is 1.07 bits per heavy atom. The second-order valence-electron chi connectivity index (χ2n) is 7.42. The zero-order valence-corrected chi connectivity index (χ0v) is 18.1. The Balaban J connectivity index is 1.34. The summed E-state index contributed by atoms with van der Waals surface area (Å²) in [4.78, 5) is 2.23. The zero-order chi connectivity index (χ0) is 20.0. The molecule has 8 heteroatoms. The third kappa shape index (κ3) is 3.45. The second-order valence-corrected chi connectivity index (χ2v) is 11.1. The van der Waals surface area contributed by atoms with E-state index in [4.69, 9.17) is 16.3 Å². The van der Waals surface area contributed by atoms with Gasteiger partial charge in [-0.1, -0.05) is 35.9 Å². The first-order valence-electron chi connectivity index (χ1n) is 9.64. The molecule has 0 N–H and O–H groups in total. The number of fused-ring (bicyclic) bond motifs is 2. The number of halogens is 1. The quantitative estimate of drug-likeness (QED) is 0.582. The summed E-state index contributed by atoms with van der Waals surface area (Å²) in [7, 11) is -3.46. The maximum absolute atomic E-state index is 13.2.